The lowest BCUT2D eigenvalue weighted by atomic mass is 9.86. The van der Waals surface area contributed by atoms with Crippen LogP contribution in [0, 0.1) is 26.2 Å². The Morgan fingerprint density at radius 1 is 1.15 bits per heavy atom. The van der Waals surface area contributed by atoms with Crippen LogP contribution < -0.4 is 5.32 Å². The summed E-state index contributed by atoms with van der Waals surface area (Å²) in [5, 5.41) is 2.70. The van der Waals surface area contributed by atoms with Gasteiger partial charge in [-0.3, -0.25) is 9.27 Å². The van der Waals surface area contributed by atoms with Gasteiger partial charge in [0.2, 0.25) is 0 Å². The molecule has 4 rings (SSSR count). The maximum atomic E-state index is 16.2. The summed E-state index contributed by atoms with van der Waals surface area (Å²) in [4.78, 5) is 12.3. The van der Waals surface area contributed by atoms with Gasteiger partial charge in [-0.15, -0.1) is 6.42 Å². The largest absolute Gasteiger partial charge is 0.846 e. The zero-order chi connectivity index (χ0) is 24.0. The molecule has 1 aromatic carbocycles. The monoisotopic (exact) mass is 442 g/mol. The maximum absolute atomic E-state index is 16.2. The Balaban J connectivity index is 1.99. The summed E-state index contributed by atoms with van der Waals surface area (Å²) in [5.74, 6) is 2.21. The van der Waals surface area contributed by atoms with Crippen LogP contribution in [0.25, 0.3) is 5.57 Å². The van der Waals surface area contributed by atoms with Gasteiger partial charge in [0, 0.05) is 29.3 Å². The van der Waals surface area contributed by atoms with Gasteiger partial charge in [-0.2, -0.15) is 0 Å². The number of fused-ring (bicyclic) bond motifs is 2. The smallest absolute Gasteiger partial charge is 0.341 e. The number of nitrogens with one attached hydrogen (secondary N) is 1. The first-order valence-electron chi connectivity index (χ1n) is 11.5. The van der Waals surface area contributed by atoms with Gasteiger partial charge in [0.1, 0.15) is 0 Å². The van der Waals surface area contributed by atoms with E-state index in [4.69, 9.17) is 6.42 Å². The first-order valence-corrected chi connectivity index (χ1v) is 11.5. The van der Waals surface area contributed by atoms with Gasteiger partial charge in [-0.25, -0.2) is 8.80 Å². The van der Waals surface area contributed by atoms with Crippen molar-refractivity contribution in [3.05, 3.63) is 74.8 Å². The Morgan fingerprint density at radius 2 is 1.82 bits per heavy atom. The van der Waals surface area contributed by atoms with E-state index < -0.39 is 7.26 Å². The molecular weight excluding hydrogens is 412 g/mol. The summed E-state index contributed by atoms with van der Waals surface area (Å²) in [6.07, 6.45) is 6.95. The second kappa shape index (κ2) is 8.55. The molecule has 1 amide bonds. The van der Waals surface area contributed by atoms with Gasteiger partial charge in [0.15, 0.2) is 11.4 Å². The zero-order valence-corrected chi connectivity index (χ0v) is 20.3. The summed E-state index contributed by atoms with van der Waals surface area (Å²) >= 11 is 0. The van der Waals surface area contributed by atoms with Gasteiger partial charge < -0.3 is 5.32 Å². The SMILES string of the molecule is C#CCNC(=O)c1ccc(C2=C3C(C)=C(CC)C(C)=[N+]3B(F)n3c(C)c(CC)c(C)c32)cc1. The van der Waals surface area contributed by atoms with Crippen molar-refractivity contribution in [3.63, 3.8) is 0 Å². The molecule has 2 aliphatic heterocycles. The number of amides is 1. The molecule has 1 aromatic heterocycles. The molecular formula is C27H30BFN3O+. The highest BCUT2D eigenvalue weighted by molar-refractivity contribution is 6.44. The van der Waals surface area contributed by atoms with Gasteiger partial charge >= 0.3 is 7.26 Å². The number of aromatic nitrogens is 1. The van der Waals surface area contributed by atoms with Crippen molar-refractivity contribution in [2.75, 3.05) is 6.54 Å². The summed E-state index contributed by atoms with van der Waals surface area (Å²) in [7, 11) is -1.29. The van der Waals surface area contributed by atoms with Crippen molar-refractivity contribution in [1.82, 2.24) is 9.79 Å². The number of allylic oxidation sites excluding steroid dienone is 2. The van der Waals surface area contributed by atoms with E-state index in [-0.39, 0.29) is 12.5 Å². The molecule has 2 aliphatic rings. The minimum absolute atomic E-state index is 0.188. The first-order chi connectivity index (χ1) is 15.8. The molecule has 0 aliphatic carbocycles. The van der Waals surface area contributed by atoms with Crippen molar-refractivity contribution in [2.24, 2.45) is 0 Å². The van der Waals surface area contributed by atoms with E-state index in [0.29, 0.717) is 5.56 Å². The number of hydrogen-bond donors (Lipinski definition) is 1. The number of carbonyl (C=O) groups excluding carboxylic acids is 1. The molecule has 33 heavy (non-hydrogen) atoms. The molecule has 6 heteroatoms. The lowest BCUT2D eigenvalue weighted by Crippen LogP contribution is -2.41. The number of carbonyl (C=O) groups is 1. The molecule has 0 unspecified atom stereocenters. The molecule has 2 aromatic rings. The Bertz CT molecular complexity index is 1300. The predicted octanol–water partition coefficient (Wildman–Crippen LogP) is 4.82. The Morgan fingerprint density at radius 3 is 2.39 bits per heavy atom. The number of terminal acetylenes is 1. The zero-order valence-electron chi connectivity index (χ0n) is 20.3. The second-order valence-electron chi connectivity index (χ2n) is 8.67. The number of nitrogens with zero attached hydrogens (tertiary/aromatic N) is 2. The van der Waals surface area contributed by atoms with E-state index in [1.54, 1.807) is 0 Å². The molecule has 1 N–H and O–H groups in total. The van der Waals surface area contributed by atoms with Crippen molar-refractivity contribution >= 4 is 24.5 Å². The molecule has 0 fully saturated rings. The minimum Gasteiger partial charge on any atom is -0.341 e. The number of halogens is 1. The molecule has 168 valence electrons. The number of hydrogen-bond acceptors (Lipinski definition) is 1. The van der Waals surface area contributed by atoms with Crippen LogP contribution in [0.2, 0.25) is 0 Å². The van der Waals surface area contributed by atoms with Crippen LogP contribution in [-0.2, 0) is 6.42 Å². The van der Waals surface area contributed by atoms with Gasteiger partial charge in [0.05, 0.1) is 17.8 Å². The normalized spacial score (nSPS) is 15.2. The third-order valence-electron chi connectivity index (χ3n) is 7.09. The average Bonchev–Trinajstić information content (AvgIpc) is 3.22. The van der Waals surface area contributed by atoms with E-state index in [1.165, 1.54) is 11.1 Å². The average molecular weight is 442 g/mol. The molecule has 0 spiro atoms. The highest BCUT2D eigenvalue weighted by Gasteiger charge is 2.53. The van der Waals surface area contributed by atoms with Crippen molar-refractivity contribution < 1.29 is 13.6 Å². The van der Waals surface area contributed by atoms with E-state index in [1.807, 2.05) is 47.1 Å². The van der Waals surface area contributed by atoms with Crippen LogP contribution in [0.5, 0.6) is 0 Å². The fourth-order valence-corrected chi connectivity index (χ4v) is 5.53. The van der Waals surface area contributed by atoms with E-state index >= 15 is 4.32 Å². The van der Waals surface area contributed by atoms with Crippen molar-refractivity contribution in [3.8, 4) is 12.3 Å². The van der Waals surface area contributed by atoms with Crippen molar-refractivity contribution in [2.45, 2.75) is 54.4 Å². The molecule has 3 heterocycles. The molecule has 0 saturated carbocycles. The topological polar surface area (TPSA) is 37.0 Å². The summed E-state index contributed by atoms with van der Waals surface area (Å²) in [6, 6.07) is 7.52. The third-order valence-corrected chi connectivity index (χ3v) is 7.09. The fraction of sp³-hybridized carbons (Fsp3) is 0.333. The van der Waals surface area contributed by atoms with Crippen LogP contribution in [-0.4, -0.2) is 34.4 Å². The van der Waals surface area contributed by atoms with Crippen LogP contribution in [0.1, 0.15) is 72.6 Å². The van der Waals surface area contributed by atoms with Gasteiger partial charge in [-0.1, -0.05) is 31.9 Å². The standard InChI is InChI=1S/C27H29BFN3O/c1-8-15-30-27(33)21-13-11-20(12-14-21)24-25-16(4)22(9-2)18(6)31(25)28(29)32-19(7)23(10-3)17(5)26(24)32/h1,11-14H,9-10,15H2,2-7H3/p+1. The minimum atomic E-state index is -1.29. The first kappa shape index (κ1) is 22.9. The summed E-state index contributed by atoms with van der Waals surface area (Å²) in [6.45, 7) is 12.6. The fourth-order valence-electron chi connectivity index (χ4n) is 5.53. The predicted molar refractivity (Wildman–Crippen MR) is 133 cm³/mol. The highest BCUT2D eigenvalue weighted by atomic mass is 19.1. The summed E-state index contributed by atoms with van der Waals surface area (Å²) in [5.41, 5.74) is 10.9. The molecule has 0 saturated heterocycles. The van der Waals surface area contributed by atoms with E-state index in [2.05, 4.69) is 38.9 Å². The van der Waals surface area contributed by atoms with Crippen LogP contribution in [0.15, 0.2) is 41.1 Å². The lowest BCUT2D eigenvalue weighted by molar-refractivity contribution is -0.337. The Hall–Kier alpha value is -3.33. The Labute approximate surface area is 196 Å². The van der Waals surface area contributed by atoms with Crippen molar-refractivity contribution in [1.29, 1.82) is 0 Å². The highest BCUT2D eigenvalue weighted by Crippen LogP contribution is 2.44. The second-order valence-corrected chi connectivity index (χ2v) is 8.67. The van der Waals surface area contributed by atoms with Crippen LogP contribution in [0.3, 0.4) is 0 Å². The molecule has 0 bridgehead atoms. The van der Waals surface area contributed by atoms with Gasteiger partial charge in [0.25, 0.3) is 5.91 Å². The van der Waals surface area contributed by atoms with Crippen LogP contribution >= 0.6 is 0 Å². The molecule has 0 atom stereocenters. The quantitative estimate of drug-likeness (QED) is 0.523. The van der Waals surface area contributed by atoms with Gasteiger partial charge in [-0.05, 0) is 62.4 Å². The van der Waals surface area contributed by atoms with Crippen LogP contribution in [0.4, 0.5) is 4.32 Å². The summed E-state index contributed by atoms with van der Waals surface area (Å²) < 4.78 is 19.9. The maximum Gasteiger partial charge on any atom is 0.846 e. The third kappa shape index (κ3) is 3.30. The molecule has 0 radical (unpaired) electrons. The van der Waals surface area contributed by atoms with E-state index in [9.17, 15) is 4.79 Å². The Kier molecular flexibility index (Phi) is 5.92. The lowest BCUT2D eigenvalue weighted by Gasteiger charge is -2.22. The molecule has 4 nitrogen and oxygen atoms in total. The van der Waals surface area contributed by atoms with E-state index in [0.717, 1.165) is 57.9 Å². The number of rotatable bonds is 5. The number of benzene rings is 1.